The fourth-order valence-electron chi connectivity index (χ4n) is 3.34. The van der Waals surface area contributed by atoms with Gasteiger partial charge in [-0.05, 0) is 31.0 Å². The Kier molecular flexibility index (Phi) is 4.16. The van der Waals surface area contributed by atoms with Crippen molar-refractivity contribution in [2.45, 2.75) is 18.9 Å². The number of aryl methyl sites for hydroxylation is 1. The number of H-pyrrole nitrogens is 1. The van der Waals surface area contributed by atoms with Crippen molar-refractivity contribution in [1.82, 2.24) is 25.1 Å². The molecule has 8 heteroatoms. The van der Waals surface area contributed by atoms with Gasteiger partial charge in [0.2, 0.25) is 0 Å². The third kappa shape index (κ3) is 3.05. The molecule has 0 radical (unpaired) electrons. The lowest BCUT2D eigenvalue weighted by molar-refractivity contribution is 0.0933. The van der Waals surface area contributed by atoms with Crippen LogP contribution in [0, 0.1) is 0 Å². The van der Waals surface area contributed by atoms with Crippen LogP contribution in [0.5, 0.6) is 0 Å². The summed E-state index contributed by atoms with van der Waals surface area (Å²) in [4.78, 5) is 31.1. The van der Waals surface area contributed by atoms with Gasteiger partial charge in [-0.25, -0.2) is 4.98 Å². The van der Waals surface area contributed by atoms with Crippen LogP contribution in [0.3, 0.4) is 0 Å². The third-order valence-electron chi connectivity index (χ3n) is 4.76. The van der Waals surface area contributed by atoms with Gasteiger partial charge in [-0.15, -0.1) is 0 Å². The van der Waals surface area contributed by atoms with Crippen LogP contribution >= 0.6 is 0 Å². The monoisotopic (exact) mass is 352 g/mol. The standard InChI is InChI=1S/C18H20N6O2/c1-23-8-6-19-16(18(23)26)24-7-2-3-14(11-24)21-17(25)12-4-5-15-13(9-12)10-20-22-15/h4-6,8-10,14H,2-3,7,11H2,1H3,(H,20,22)(H,21,25). The van der Waals surface area contributed by atoms with E-state index < -0.39 is 0 Å². The van der Waals surface area contributed by atoms with Crippen molar-refractivity contribution < 1.29 is 4.79 Å². The van der Waals surface area contributed by atoms with Gasteiger partial charge in [0.25, 0.3) is 11.5 Å². The van der Waals surface area contributed by atoms with E-state index in [4.69, 9.17) is 0 Å². The molecule has 2 aromatic heterocycles. The van der Waals surface area contributed by atoms with Crippen LogP contribution in [0.1, 0.15) is 23.2 Å². The Labute approximate surface area is 149 Å². The van der Waals surface area contributed by atoms with Crippen LogP contribution in [0.15, 0.2) is 41.6 Å². The van der Waals surface area contributed by atoms with Crippen LogP contribution in [0.25, 0.3) is 10.9 Å². The fraction of sp³-hybridized carbons (Fsp3) is 0.333. The number of fused-ring (bicyclic) bond motifs is 1. The van der Waals surface area contributed by atoms with E-state index in [1.54, 1.807) is 31.7 Å². The molecule has 1 saturated heterocycles. The van der Waals surface area contributed by atoms with E-state index >= 15 is 0 Å². The molecule has 0 bridgehead atoms. The molecule has 134 valence electrons. The molecule has 1 unspecified atom stereocenters. The number of anilines is 1. The zero-order chi connectivity index (χ0) is 18.1. The van der Waals surface area contributed by atoms with E-state index in [0.29, 0.717) is 17.9 Å². The molecular weight excluding hydrogens is 332 g/mol. The number of carbonyl (C=O) groups is 1. The van der Waals surface area contributed by atoms with Gasteiger partial charge in [0.15, 0.2) is 5.82 Å². The first-order chi connectivity index (χ1) is 12.6. The fourth-order valence-corrected chi connectivity index (χ4v) is 3.34. The molecular formula is C18H20N6O2. The molecule has 1 aliphatic heterocycles. The van der Waals surface area contributed by atoms with E-state index in [9.17, 15) is 9.59 Å². The molecule has 0 saturated carbocycles. The van der Waals surface area contributed by atoms with E-state index in [-0.39, 0.29) is 17.5 Å². The van der Waals surface area contributed by atoms with E-state index in [1.807, 2.05) is 17.0 Å². The number of nitrogens with one attached hydrogen (secondary N) is 2. The van der Waals surface area contributed by atoms with E-state index in [2.05, 4.69) is 20.5 Å². The predicted molar refractivity (Wildman–Crippen MR) is 98.3 cm³/mol. The van der Waals surface area contributed by atoms with Gasteiger partial charge in [-0.1, -0.05) is 0 Å². The third-order valence-corrected chi connectivity index (χ3v) is 4.76. The van der Waals surface area contributed by atoms with Crippen molar-refractivity contribution in [2.75, 3.05) is 18.0 Å². The van der Waals surface area contributed by atoms with E-state index in [0.717, 1.165) is 30.3 Å². The highest BCUT2D eigenvalue weighted by Crippen LogP contribution is 2.16. The summed E-state index contributed by atoms with van der Waals surface area (Å²) in [6.45, 7) is 1.34. The van der Waals surface area contributed by atoms with Crippen molar-refractivity contribution in [3.63, 3.8) is 0 Å². The Morgan fingerprint density at radius 3 is 3.15 bits per heavy atom. The molecule has 26 heavy (non-hydrogen) atoms. The first-order valence-corrected chi connectivity index (χ1v) is 8.62. The van der Waals surface area contributed by atoms with Crippen molar-refractivity contribution in [1.29, 1.82) is 0 Å². The van der Waals surface area contributed by atoms with Gasteiger partial charge in [0, 0.05) is 49.5 Å². The summed E-state index contributed by atoms with van der Waals surface area (Å²) in [5, 5.41) is 10.8. The molecule has 4 rings (SSSR count). The lowest BCUT2D eigenvalue weighted by Gasteiger charge is -2.33. The summed E-state index contributed by atoms with van der Waals surface area (Å²) in [5.74, 6) is 0.322. The molecule has 0 spiro atoms. The molecule has 2 N–H and O–H groups in total. The first-order valence-electron chi connectivity index (χ1n) is 8.62. The maximum absolute atomic E-state index is 12.6. The second-order valence-electron chi connectivity index (χ2n) is 6.60. The number of amides is 1. The molecule has 1 amide bonds. The molecule has 1 atom stereocenters. The molecule has 0 aliphatic carbocycles. The molecule has 3 heterocycles. The average molecular weight is 352 g/mol. The van der Waals surface area contributed by atoms with Crippen molar-refractivity contribution >= 4 is 22.6 Å². The largest absolute Gasteiger partial charge is 0.350 e. The molecule has 8 nitrogen and oxygen atoms in total. The minimum absolute atomic E-state index is 0.0250. The molecule has 1 fully saturated rings. The number of rotatable bonds is 3. The highest BCUT2D eigenvalue weighted by atomic mass is 16.2. The number of nitrogens with zero attached hydrogens (tertiary/aromatic N) is 4. The maximum atomic E-state index is 12.6. The first kappa shape index (κ1) is 16.3. The zero-order valence-electron chi connectivity index (χ0n) is 14.5. The Morgan fingerprint density at radius 2 is 2.27 bits per heavy atom. The number of aromatic amines is 1. The van der Waals surface area contributed by atoms with Gasteiger partial charge < -0.3 is 14.8 Å². The van der Waals surface area contributed by atoms with Gasteiger partial charge in [0.05, 0.1) is 11.7 Å². The molecule has 1 aliphatic rings. The Bertz CT molecular complexity index is 1010. The summed E-state index contributed by atoms with van der Waals surface area (Å²) in [6.07, 6.45) is 6.74. The number of benzene rings is 1. The minimum Gasteiger partial charge on any atom is -0.350 e. The van der Waals surface area contributed by atoms with Crippen LogP contribution in [0.4, 0.5) is 5.82 Å². The number of hydrogen-bond acceptors (Lipinski definition) is 5. The molecule has 3 aromatic rings. The predicted octanol–water partition coefficient (Wildman–Crippen LogP) is 1.06. The second kappa shape index (κ2) is 6.62. The average Bonchev–Trinajstić information content (AvgIpc) is 3.12. The summed E-state index contributed by atoms with van der Waals surface area (Å²) < 4.78 is 1.52. The lowest BCUT2D eigenvalue weighted by atomic mass is 10.0. The maximum Gasteiger partial charge on any atom is 0.293 e. The number of carbonyl (C=O) groups excluding carboxylic acids is 1. The van der Waals surface area contributed by atoms with Crippen LogP contribution in [-0.4, -0.2) is 44.8 Å². The van der Waals surface area contributed by atoms with Gasteiger partial charge in [0.1, 0.15) is 0 Å². The Hall–Kier alpha value is -3.16. The van der Waals surface area contributed by atoms with Gasteiger partial charge in [-0.3, -0.25) is 14.7 Å². The number of aromatic nitrogens is 4. The zero-order valence-corrected chi connectivity index (χ0v) is 14.5. The summed E-state index contributed by atoms with van der Waals surface area (Å²) in [6, 6.07) is 5.43. The van der Waals surface area contributed by atoms with Crippen LogP contribution < -0.4 is 15.8 Å². The summed E-state index contributed by atoms with van der Waals surface area (Å²) >= 11 is 0. The minimum atomic E-state index is -0.120. The highest BCUT2D eigenvalue weighted by Gasteiger charge is 2.24. The number of hydrogen-bond donors (Lipinski definition) is 2. The molecule has 1 aromatic carbocycles. The van der Waals surface area contributed by atoms with Crippen molar-refractivity contribution in [2.24, 2.45) is 7.05 Å². The van der Waals surface area contributed by atoms with Crippen LogP contribution in [0.2, 0.25) is 0 Å². The normalized spacial score (nSPS) is 17.4. The summed E-state index contributed by atoms with van der Waals surface area (Å²) in [7, 11) is 1.71. The highest BCUT2D eigenvalue weighted by molar-refractivity contribution is 5.98. The van der Waals surface area contributed by atoms with Gasteiger partial charge in [-0.2, -0.15) is 5.10 Å². The second-order valence-corrected chi connectivity index (χ2v) is 6.60. The quantitative estimate of drug-likeness (QED) is 0.735. The smallest absolute Gasteiger partial charge is 0.293 e. The van der Waals surface area contributed by atoms with E-state index in [1.165, 1.54) is 4.57 Å². The van der Waals surface area contributed by atoms with Crippen LogP contribution in [-0.2, 0) is 7.05 Å². The van der Waals surface area contributed by atoms with Crippen molar-refractivity contribution in [3.8, 4) is 0 Å². The number of piperidine rings is 1. The van der Waals surface area contributed by atoms with Gasteiger partial charge >= 0.3 is 0 Å². The summed E-state index contributed by atoms with van der Waals surface area (Å²) in [5.41, 5.74) is 1.38. The van der Waals surface area contributed by atoms with Crippen molar-refractivity contribution in [3.05, 3.63) is 52.7 Å². The SMILES string of the molecule is Cn1ccnc(N2CCCC(NC(=O)c3ccc4[nH]ncc4c3)C2)c1=O. The topological polar surface area (TPSA) is 95.9 Å². The Morgan fingerprint density at radius 1 is 1.38 bits per heavy atom. The lowest BCUT2D eigenvalue weighted by Crippen LogP contribution is -2.49. The Balaban J connectivity index is 1.48.